The molecule has 0 heterocycles. The van der Waals surface area contributed by atoms with Gasteiger partial charge < -0.3 is 26.0 Å². The normalized spacial score (nSPS) is 45.5. The molecule has 0 aromatic heterocycles. The Hall–Kier alpha value is -1.34. The fourth-order valence-corrected chi connectivity index (χ4v) is 8.51. The first-order valence-corrected chi connectivity index (χ1v) is 13.1. The summed E-state index contributed by atoms with van der Waals surface area (Å²) in [7, 11) is 0. The summed E-state index contributed by atoms with van der Waals surface area (Å²) in [6, 6.07) is -0.287. The number of carboxylic acid groups (broad SMARTS) is 1. The minimum absolute atomic E-state index is 0.0739. The highest BCUT2D eigenvalue weighted by molar-refractivity contribution is 5.80. The van der Waals surface area contributed by atoms with Gasteiger partial charge in [-0.25, -0.2) is 4.79 Å². The van der Waals surface area contributed by atoms with Crippen LogP contribution in [0.15, 0.2) is 0 Å². The maximum Gasteiger partial charge on any atom is 0.407 e. The summed E-state index contributed by atoms with van der Waals surface area (Å²) >= 11 is 0. The molecule has 0 saturated heterocycles. The number of aliphatic carboxylic acids is 1. The third kappa shape index (κ3) is 3.87. The largest absolute Gasteiger partial charge is 0.480 e. The third-order valence-corrected chi connectivity index (χ3v) is 10.8. The van der Waals surface area contributed by atoms with Crippen molar-refractivity contribution in [3.05, 3.63) is 0 Å². The van der Waals surface area contributed by atoms with Gasteiger partial charge in [0.05, 0.1) is 12.6 Å². The summed E-state index contributed by atoms with van der Waals surface area (Å²) < 4.78 is 5.80. The average molecular weight is 465 g/mol. The molecule has 4 aliphatic rings. The molecule has 4 unspecified atom stereocenters. The van der Waals surface area contributed by atoms with Crippen molar-refractivity contribution >= 4 is 12.1 Å². The van der Waals surface area contributed by atoms with E-state index in [0.29, 0.717) is 30.1 Å². The Morgan fingerprint density at radius 3 is 2.39 bits per heavy atom. The molecule has 5 N–H and O–H groups in total. The van der Waals surface area contributed by atoms with Gasteiger partial charge in [0.1, 0.15) is 11.6 Å². The number of carbonyl (C=O) groups is 2. The smallest absolute Gasteiger partial charge is 0.407 e. The molecule has 9 atom stereocenters. The van der Waals surface area contributed by atoms with E-state index < -0.39 is 17.6 Å². The van der Waals surface area contributed by atoms with Gasteiger partial charge in [0.2, 0.25) is 0 Å². The number of amides is 1. The van der Waals surface area contributed by atoms with Crippen LogP contribution < -0.4 is 11.1 Å². The highest BCUT2D eigenvalue weighted by Gasteiger charge is 2.66. The van der Waals surface area contributed by atoms with Crippen molar-refractivity contribution in [2.75, 3.05) is 6.61 Å². The molecular weight excluding hydrogens is 420 g/mol. The Morgan fingerprint density at radius 2 is 1.76 bits per heavy atom. The number of alkyl carbamates (subject to hydrolysis) is 1. The second-order valence-electron chi connectivity index (χ2n) is 12.4. The summed E-state index contributed by atoms with van der Waals surface area (Å²) in [4.78, 5) is 24.5. The molecule has 0 aromatic carbocycles. The number of nitrogens with one attached hydrogen (secondary N) is 1. The molecule has 0 aromatic rings. The summed E-state index contributed by atoms with van der Waals surface area (Å²) in [5.41, 5.74) is 5.34. The Morgan fingerprint density at radius 1 is 1.06 bits per heavy atom. The van der Waals surface area contributed by atoms with E-state index in [9.17, 15) is 19.8 Å². The number of carboxylic acids is 1. The Balaban J connectivity index is 1.42. The summed E-state index contributed by atoms with van der Waals surface area (Å²) in [6.45, 7) is 8.43. The predicted molar refractivity (Wildman–Crippen MR) is 125 cm³/mol. The average Bonchev–Trinajstić information content (AvgIpc) is 3.04. The van der Waals surface area contributed by atoms with Gasteiger partial charge in [-0.15, -0.1) is 0 Å². The van der Waals surface area contributed by atoms with E-state index in [0.717, 1.165) is 51.4 Å². The van der Waals surface area contributed by atoms with Crippen LogP contribution in [0.4, 0.5) is 4.79 Å². The van der Waals surface area contributed by atoms with Gasteiger partial charge in [-0.2, -0.15) is 0 Å². The number of ether oxygens (including phenoxy) is 1. The first-order chi connectivity index (χ1) is 15.5. The van der Waals surface area contributed by atoms with Crippen LogP contribution in [0.25, 0.3) is 0 Å². The van der Waals surface area contributed by atoms with E-state index in [-0.39, 0.29) is 35.5 Å². The van der Waals surface area contributed by atoms with E-state index in [1.807, 2.05) is 13.8 Å². The van der Waals surface area contributed by atoms with Gasteiger partial charge in [0.15, 0.2) is 0 Å². The number of hydrogen-bond acceptors (Lipinski definition) is 5. The first-order valence-electron chi connectivity index (χ1n) is 13.1. The molecule has 4 rings (SSSR count). The minimum atomic E-state index is -1.10. The monoisotopic (exact) mass is 464 g/mol. The summed E-state index contributed by atoms with van der Waals surface area (Å²) in [5, 5.41) is 22.2. The van der Waals surface area contributed by atoms with Crippen molar-refractivity contribution in [3.63, 3.8) is 0 Å². The summed E-state index contributed by atoms with van der Waals surface area (Å²) in [5.74, 6) is 1.38. The van der Waals surface area contributed by atoms with Gasteiger partial charge in [0.25, 0.3) is 0 Å². The molecular formula is C26H44N2O5. The lowest BCUT2D eigenvalue weighted by Crippen LogP contribution is -2.62. The topological polar surface area (TPSA) is 122 Å². The zero-order valence-electron chi connectivity index (χ0n) is 20.8. The maximum atomic E-state index is 12.4. The number of aliphatic hydroxyl groups excluding tert-OH is 1. The van der Waals surface area contributed by atoms with Crippen LogP contribution in [0.3, 0.4) is 0 Å². The van der Waals surface area contributed by atoms with Crippen LogP contribution in [-0.2, 0) is 9.53 Å². The molecule has 1 amide bonds. The van der Waals surface area contributed by atoms with Crippen LogP contribution in [0.1, 0.15) is 85.5 Å². The zero-order chi connectivity index (χ0) is 24.2. The van der Waals surface area contributed by atoms with Crippen molar-refractivity contribution in [1.82, 2.24) is 5.32 Å². The molecule has 4 fully saturated rings. The van der Waals surface area contributed by atoms with Gasteiger partial charge in [-0.05, 0) is 98.2 Å². The molecule has 0 bridgehead atoms. The lowest BCUT2D eigenvalue weighted by atomic mass is 9.44. The molecule has 4 saturated carbocycles. The Bertz CT molecular complexity index is 774. The van der Waals surface area contributed by atoms with Crippen molar-refractivity contribution < 1.29 is 24.5 Å². The number of aliphatic hydroxyl groups is 1. The van der Waals surface area contributed by atoms with Gasteiger partial charge in [-0.3, -0.25) is 4.79 Å². The SMILES string of the molecule is CC(C)C(CO)NC(=O)OC1CC[C@@]2(C)C(CC[C@@H]3[C@H]2CC[C@@]2(C)[C@H]3CCC2(N)C(=O)O)C1. The molecule has 188 valence electrons. The Kier molecular flexibility index (Phi) is 6.54. The van der Waals surface area contributed by atoms with Crippen LogP contribution in [-0.4, -0.2) is 46.6 Å². The van der Waals surface area contributed by atoms with Crippen LogP contribution >= 0.6 is 0 Å². The van der Waals surface area contributed by atoms with Gasteiger partial charge >= 0.3 is 12.1 Å². The molecule has 4 aliphatic carbocycles. The predicted octanol–water partition coefficient (Wildman–Crippen LogP) is 3.92. The van der Waals surface area contributed by atoms with Crippen LogP contribution in [0.2, 0.25) is 0 Å². The standard InChI is InChI=1S/C26H44N2O5/c1-15(2)21(14-29)28-23(32)33-17-7-10-24(3)16(13-17)5-6-18-19(24)8-11-25(4)20(18)9-12-26(25,27)22(30)31/h15-21,29H,5-14,27H2,1-4H3,(H,28,32)(H,30,31)/t16?,17?,18-,19-,20+,21?,24+,25+,26?/m1/s1. The number of carbonyl (C=O) groups excluding carboxylic acids is 1. The fraction of sp³-hybridized carbons (Fsp3) is 0.923. The van der Waals surface area contributed by atoms with E-state index in [2.05, 4.69) is 19.2 Å². The quantitative estimate of drug-likeness (QED) is 0.489. The first kappa shape index (κ1) is 24.8. The lowest BCUT2D eigenvalue weighted by Gasteiger charge is -2.61. The molecule has 33 heavy (non-hydrogen) atoms. The molecule has 7 heteroatoms. The highest BCUT2D eigenvalue weighted by Crippen LogP contribution is 2.67. The maximum absolute atomic E-state index is 12.4. The fourth-order valence-electron chi connectivity index (χ4n) is 8.51. The van der Waals surface area contributed by atoms with Crippen molar-refractivity contribution in [2.24, 2.45) is 46.2 Å². The molecule has 0 spiro atoms. The number of hydrogen-bond donors (Lipinski definition) is 4. The molecule has 0 aliphatic heterocycles. The number of rotatable bonds is 5. The van der Waals surface area contributed by atoms with Crippen molar-refractivity contribution in [1.29, 1.82) is 0 Å². The molecule has 7 nitrogen and oxygen atoms in total. The second kappa shape index (κ2) is 8.71. The van der Waals surface area contributed by atoms with Crippen molar-refractivity contribution in [3.8, 4) is 0 Å². The Labute approximate surface area is 198 Å². The van der Waals surface area contributed by atoms with Crippen LogP contribution in [0.5, 0.6) is 0 Å². The van der Waals surface area contributed by atoms with E-state index in [1.165, 1.54) is 0 Å². The number of fused-ring (bicyclic) bond motifs is 5. The third-order valence-electron chi connectivity index (χ3n) is 10.8. The van der Waals surface area contributed by atoms with Crippen molar-refractivity contribution in [2.45, 2.75) is 103 Å². The van der Waals surface area contributed by atoms with Gasteiger partial charge in [0, 0.05) is 0 Å². The van der Waals surface area contributed by atoms with Crippen LogP contribution in [0, 0.1) is 40.4 Å². The zero-order valence-corrected chi connectivity index (χ0v) is 20.8. The summed E-state index contributed by atoms with van der Waals surface area (Å²) in [6.07, 6.45) is 8.01. The molecule has 0 radical (unpaired) electrons. The lowest BCUT2D eigenvalue weighted by molar-refractivity contribution is -0.157. The van der Waals surface area contributed by atoms with E-state index in [1.54, 1.807) is 0 Å². The minimum Gasteiger partial charge on any atom is -0.480 e. The highest BCUT2D eigenvalue weighted by atomic mass is 16.6. The van der Waals surface area contributed by atoms with Gasteiger partial charge in [-0.1, -0.05) is 27.7 Å². The second-order valence-corrected chi connectivity index (χ2v) is 12.4. The van der Waals surface area contributed by atoms with E-state index >= 15 is 0 Å². The number of nitrogens with two attached hydrogens (primary N) is 1. The van der Waals surface area contributed by atoms with E-state index in [4.69, 9.17) is 10.5 Å².